The van der Waals surface area contributed by atoms with E-state index in [1.54, 1.807) is 11.1 Å². The van der Waals surface area contributed by atoms with Gasteiger partial charge in [0.1, 0.15) is 0 Å². The van der Waals surface area contributed by atoms with Crippen molar-refractivity contribution in [1.29, 1.82) is 0 Å². The maximum absolute atomic E-state index is 2.58. The predicted octanol–water partition coefficient (Wildman–Crippen LogP) is 4.58. The van der Waals surface area contributed by atoms with Gasteiger partial charge in [-0.05, 0) is 56.8 Å². The third kappa shape index (κ3) is 2.04. The van der Waals surface area contributed by atoms with E-state index in [4.69, 9.17) is 0 Å². The van der Waals surface area contributed by atoms with Gasteiger partial charge in [0, 0.05) is 0 Å². The first-order chi connectivity index (χ1) is 7.09. The Kier molecular flexibility index (Phi) is 3.04. The molecule has 0 heterocycles. The summed E-state index contributed by atoms with van der Waals surface area (Å²) < 4.78 is 0. The van der Waals surface area contributed by atoms with Gasteiger partial charge in [-0.15, -0.1) is 0 Å². The molecular weight excluding hydrogens is 180 g/mol. The van der Waals surface area contributed by atoms with Gasteiger partial charge in [-0.2, -0.15) is 0 Å². The molecule has 0 aromatic carbocycles. The molecule has 2 rings (SSSR count). The molecule has 0 bridgehead atoms. The van der Waals surface area contributed by atoms with Crippen LogP contribution in [0.5, 0.6) is 0 Å². The monoisotopic (exact) mass is 204 g/mol. The molecule has 0 fully saturated rings. The van der Waals surface area contributed by atoms with Crippen LogP contribution < -0.4 is 0 Å². The maximum atomic E-state index is 2.58. The molecule has 0 amide bonds. The third-order valence-corrected chi connectivity index (χ3v) is 4.44. The largest absolute Gasteiger partial charge is 0.0850 e. The fourth-order valence-corrected chi connectivity index (χ4v) is 3.40. The highest BCUT2D eigenvalue weighted by Crippen LogP contribution is 2.45. The van der Waals surface area contributed by atoms with Crippen molar-refractivity contribution in [1.82, 2.24) is 0 Å². The minimum absolute atomic E-state index is 0.823. The van der Waals surface area contributed by atoms with Crippen LogP contribution in [-0.4, -0.2) is 0 Å². The molecule has 3 atom stereocenters. The minimum atomic E-state index is 0.823. The highest BCUT2D eigenvalue weighted by Gasteiger charge is 2.34. The zero-order chi connectivity index (χ0) is 11.0. The average molecular weight is 204 g/mol. The summed E-state index contributed by atoms with van der Waals surface area (Å²) in [6, 6.07) is 0. The highest BCUT2D eigenvalue weighted by molar-refractivity contribution is 5.20. The van der Waals surface area contributed by atoms with E-state index in [0.717, 1.165) is 23.7 Å². The van der Waals surface area contributed by atoms with E-state index >= 15 is 0 Å². The van der Waals surface area contributed by atoms with Crippen molar-refractivity contribution in [2.24, 2.45) is 23.7 Å². The topological polar surface area (TPSA) is 0 Å². The molecule has 0 aliphatic heterocycles. The Bertz CT molecular complexity index is 293. The molecule has 0 unspecified atom stereocenters. The Hall–Kier alpha value is -0.520. The molecule has 2 aliphatic carbocycles. The van der Waals surface area contributed by atoms with Gasteiger partial charge in [-0.25, -0.2) is 0 Å². The Morgan fingerprint density at radius 1 is 1.27 bits per heavy atom. The summed E-state index contributed by atoms with van der Waals surface area (Å²) in [6.45, 7) is 9.41. The van der Waals surface area contributed by atoms with Gasteiger partial charge in [-0.3, -0.25) is 0 Å². The van der Waals surface area contributed by atoms with Gasteiger partial charge >= 0.3 is 0 Å². The summed E-state index contributed by atoms with van der Waals surface area (Å²) >= 11 is 0. The van der Waals surface area contributed by atoms with Crippen molar-refractivity contribution >= 4 is 0 Å². The predicted molar refractivity (Wildman–Crippen MR) is 66.7 cm³/mol. The lowest BCUT2D eigenvalue weighted by Gasteiger charge is -2.41. The normalized spacial score (nSPS) is 35.9. The van der Waals surface area contributed by atoms with E-state index in [9.17, 15) is 0 Å². The van der Waals surface area contributed by atoms with Crippen LogP contribution in [0.4, 0.5) is 0 Å². The van der Waals surface area contributed by atoms with Crippen molar-refractivity contribution in [3.05, 3.63) is 23.3 Å². The van der Waals surface area contributed by atoms with E-state index in [1.807, 2.05) is 0 Å². The molecule has 0 spiro atoms. The molecule has 0 heteroatoms. The van der Waals surface area contributed by atoms with Crippen LogP contribution in [0, 0.1) is 23.7 Å². The first kappa shape index (κ1) is 11.0. The summed E-state index contributed by atoms with van der Waals surface area (Å²) in [5.74, 6) is 3.40. The van der Waals surface area contributed by atoms with E-state index in [0.29, 0.717) is 0 Å². The third-order valence-electron chi connectivity index (χ3n) is 4.44. The van der Waals surface area contributed by atoms with Crippen LogP contribution >= 0.6 is 0 Å². The summed E-state index contributed by atoms with van der Waals surface area (Å²) in [4.78, 5) is 0. The lowest BCUT2D eigenvalue weighted by molar-refractivity contribution is 0.210. The summed E-state index contributed by atoms with van der Waals surface area (Å²) in [5, 5.41) is 0. The molecule has 15 heavy (non-hydrogen) atoms. The second kappa shape index (κ2) is 4.15. The van der Waals surface area contributed by atoms with Crippen molar-refractivity contribution < 1.29 is 0 Å². The molecule has 0 N–H and O–H groups in total. The van der Waals surface area contributed by atoms with Crippen LogP contribution in [0.25, 0.3) is 0 Å². The average Bonchev–Trinajstić information content (AvgIpc) is 2.17. The molecular formula is C15H24. The Balaban J connectivity index is 2.28. The van der Waals surface area contributed by atoms with Gasteiger partial charge in [0.2, 0.25) is 0 Å². The number of allylic oxidation sites excluding steroid dienone is 4. The fourth-order valence-electron chi connectivity index (χ4n) is 3.40. The molecule has 84 valence electrons. The molecule has 2 aliphatic rings. The molecule has 0 saturated carbocycles. The fraction of sp³-hybridized carbons (Fsp3) is 0.733. The van der Waals surface area contributed by atoms with Gasteiger partial charge in [0.25, 0.3) is 0 Å². The van der Waals surface area contributed by atoms with Crippen LogP contribution in [-0.2, 0) is 0 Å². The number of hydrogen-bond donors (Lipinski definition) is 0. The highest BCUT2D eigenvalue weighted by atomic mass is 14.4. The zero-order valence-electron chi connectivity index (χ0n) is 10.6. The second-order valence-electron chi connectivity index (χ2n) is 5.83. The summed E-state index contributed by atoms with van der Waals surface area (Å²) in [6.07, 6.45) is 9.08. The van der Waals surface area contributed by atoms with Crippen LogP contribution in [0.2, 0.25) is 0 Å². The number of hydrogen-bond acceptors (Lipinski definition) is 0. The second-order valence-corrected chi connectivity index (χ2v) is 5.83. The van der Waals surface area contributed by atoms with E-state index < -0.39 is 0 Å². The van der Waals surface area contributed by atoms with Gasteiger partial charge in [0.15, 0.2) is 0 Å². The summed E-state index contributed by atoms with van der Waals surface area (Å²) in [5.41, 5.74) is 3.28. The molecule has 0 aromatic rings. The van der Waals surface area contributed by atoms with Crippen molar-refractivity contribution in [2.75, 3.05) is 0 Å². The quantitative estimate of drug-likeness (QED) is 0.548. The smallest absolute Gasteiger partial charge is 0.0132 e. The summed E-state index contributed by atoms with van der Waals surface area (Å²) in [7, 11) is 0. The Morgan fingerprint density at radius 3 is 2.67 bits per heavy atom. The van der Waals surface area contributed by atoms with Crippen LogP contribution in [0.15, 0.2) is 23.3 Å². The standard InChI is InChI=1S/C15H24/c1-10(2)13-8-6-12(4)14-7-5-11(3)9-15(13)14/h6,9-10,13-15H,5,7-8H2,1-4H3/t13-,14+,15-/m1/s1. The first-order valence-electron chi connectivity index (χ1n) is 6.43. The van der Waals surface area contributed by atoms with Crippen LogP contribution in [0.1, 0.15) is 47.0 Å². The Morgan fingerprint density at radius 2 is 2.00 bits per heavy atom. The van der Waals surface area contributed by atoms with E-state index in [1.165, 1.54) is 19.3 Å². The van der Waals surface area contributed by atoms with Gasteiger partial charge in [0.05, 0.1) is 0 Å². The van der Waals surface area contributed by atoms with E-state index in [-0.39, 0.29) is 0 Å². The number of rotatable bonds is 1. The zero-order valence-corrected chi connectivity index (χ0v) is 10.6. The molecule has 0 aromatic heterocycles. The molecule has 0 radical (unpaired) electrons. The van der Waals surface area contributed by atoms with Crippen molar-refractivity contribution in [3.8, 4) is 0 Å². The first-order valence-corrected chi connectivity index (χ1v) is 6.43. The minimum Gasteiger partial charge on any atom is -0.0850 e. The van der Waals surface area contributed by atoms with Gasteiger partial charge < -0.3 is 0 Å². The van der Waals surface area contributed by atoms with Crippen molar-refractivity contribution in [2.45, 2.75) is 47.0 Å². The van der Waals surface area contributed by atoms with Gasteiger partial charge in [-0.1, -0.05) is 37.1 Å². The SMILES string of the molecule is CC1=C[C@@H]2[C@@H](C(C)C)CC=C(C)[C@@H]2CC1. The van der Waals surface area contributed by atoms with E-state index in [2.05, 4.69) is 39.8 Å². The Labute approximate surface area is 94.5 Å². The molecule has 0 nitrogen and oxygen atoms in total. The van der Waals surface area contributed by atoms with Crippen LogP contribution in [0.3, 0.4) is 0 Å². The lowest BCUT2D eigenvalue weighted by atomic mass is 9.64. The maximum Gasteiger partial charge on any atom is -0.0132 e. The molecule has 0 saturated heterocycles. The number of fused-ring (bicyclic) bond motifs is 1. The van der Waals surface area contributed by atoms with Crippen molar-refractivity contribution in [3.63, 3.8) is 0 Å². The lowest BCUT2D eigenvalue weighted by Crippen LogP contribution is -2.31.